The molecule has 2 aromatic carbocycles. The highest BCUT2D eigenvalue weighted by atomic mass is 32.2. The SMILES string of the molecule is Cc1cccc(N2C(=O)CSC2c2ccc3c(c2)OCO3)c1. The molecule has 0 saturated carbocycles. The fraction of sp³-hybridized carbons (Fsp3) is 0.235. The summed E-state index contributed by atoms with van der Waals surface area (Å²) in [5, 5.41) is -0.0243. The molecular formula is C17H15NO3S. The Morgan fingerprint density at radius 1 is 1.14 bits per heavy atom. The van der Waals surface area contributed by atoms with Crippen LogP contribution in [0.15, 0.2) is 42.5 Å². The van der Waals surface area contributed by atoms with Gasteiger partial charge in [-0.05, 0) is 42.3 Å². The Labute approximate surface area is 133 Å². The molecule has 0 spiro atoms. The topological polar surface area (TPSA) is 38.8 Å². The number of rotatable bonds is 2. The van der Waals surface area contributed by atoms with Gasteiger partial charge in [0.1, 0.15) is 5.37 Å². The van der Waals surface area contributed by atoms with Gasteiger partial charge in [0.05, 0.1) is 5.75 Å². The fourth-order valence-corrected chi connectivity index (χ4v) is 3.96. The lowest BCUT2D eigenvalue weighted by Gasteiger charge is -2.24. The van der Waals surface area contributed by atoms with Crippen molar-refractivity contribution < 1.29 is 14.3 Å². The van der Waals surface area contributed by atoms with Crippen LogP contribution >= 0.6 is 11.8 Å². The van der Waals surface area contributed by atoms with E-state index in [1.165, 1.54) is 0 Å². The maximum Gasteiger partial charge on any atom is 0.238 e. The van der Waals surface area contributed by atoms with E-state index in [-0.39, 0.29) is 18.1 Å². The first kappa shape index (κ1) is 13.5. The number of amides is 1. The summed E-state index contributed by atoms with van der Waals surface area (Å²) in [6, 6.07) is 13.9. The van der Waals surface area contributed by atoms with Crippen LogP contribution in [-0.2, 0) is 4.79 Å². The molecule has 1 saturated heterocycles. The Morgan fingerprint density at radius 2 is 2.00 bits per heavy atom. The van der Waals surface area contributed by atoms with E-state index in [0.29, 0.717) is 5.75 Å². The van der Waals surface area contributed by atoms with Crippen molar-refractivity contribution in [2.24, 2.45) is 0 Å². The molecule has 112 valence electrons. The molecule has 0 N–H and O–H groups in total. The molecule has 0 aliphatic carbocycles. The van der Waals surface area contributed by atoms with Gasteiger partial charge in [-0.1, -0.05) is 18.2 Å². The number of aryl methyl sites for hydroxylation is 1. The number of ether oxygens (including phenoxy) is 2. The van der Waals surface area contributed by atoms with E-state index in [0.717, 1.165) is 28.3 Å². The molecule has 1 unspecified atom stereocenters. The number of thioether (sulfide) groups is 1. The van der Waals surface area contributed by atoms with Crippen molar-refractivity contribution in [1.82, 2.24) is 0 Å². The zero-order valence-electron chi connectivity index (χ0n) is 12.1. The molecule has 2 aliphatic rings. The molecule has 0 bridgehead atoms. The predicted molar refractivity (Wildman–Crippen MR) is 86.4 cm³/mol. The number of benzene rings is 2. The van der Waals surface area contributed by atoms with Crippen LogP contribution in [0.25, 0.3) is 0 Å². The number of carbonyl (C=O) groups is 1. The van der Waals surface area contributed by atoms with Crippen molar-refractivity contribution >= 4 is 23.4 Å². The lowest BCUT2D eigenvalue weighted by molar-refractivity contribution is -0.115. The molecule has 2 aromatic rings. The molecule has 4 nitrogen and oxygen atoms in total. The molecule has 2 heterocycles. The van der Waals surface area contributed by atoms with Crippen LogP contribution in [0.4, 0.5) is 5.69 Å². The van der Waals surface area contributed by atoms with Gasteiger partial charge in [0.2, 0.25) is 12.7 Å². The van der Waals surface area contributed by atoms with E-state index < -0.39 is 0 Å². The van der Waals surface area contributed by atoms with E-state index in [1.807, 2.05) is 54.3 Å². The fourth-order valence-electron chi connectivity index (χ4n) is 2.79. The summed E-state index contributed by atoms with van der Waals surface area (Å²) in [6.07, 6.45) is 0. The largest absolute Gasteiger partial charge is 0.454 e. The number of hydrogen-bond donors (Lipinski definition) is 0. The molecule has 1 atom stereocenters. The van der Waals surface area contributed by atoms with Gasteiger partial charge >= 0.3 is 0 Å². The third-order valence-corrected chi connectivity index (χ3v) is 5.04. The quantitative estimate of drug-likeness (QED) is 0.850. The lowest BCUT2D eigenvalue weighted by atomic mass is 10.1. The molecule has 22 heavy (non-hydrogen) atoms. The van der Waals surface area contributed by atoms with Gasteiger partial charge in [-0.25, -0.2) is 0 Å². The van der Waals surface area contributed by atoms with Gasteiger partial charge in [-0.2, -0.15) is 0 Å². The van der Waals surface area contributed by atoms with E-state index in [2.05, 4.69) is 0 Å². The van der Waals surface area contributed by atoms with Gasteiger partial charge < -0.3 is 9.47 Å². The summed E-state index contributed by atoms with van der Waals surface area (Å²) >= 11 is 1.64. The third kappa shape index (κ3) is 2.22. The van der Waals surface area contributed by atoms with Crippen molar-refractivity contribution in [3.63, 3.8) is 0 Å². The van der Waals surface area contributed by atoms with E-state index in [1.54, 1.807) is 11.8 Å². The molecule has 5 heteroatoms. The Kier molecular flexibility index (Phi) is 3.22. The Balaban J connectivity index is 1.72. The summed E-state index contributed by atoms with van der Waals surface area (Å²) in [5.41, 5.74) is 3.14. The van der Waals surface area contributed by atoms with Crippen molar-refractivity contribution in [2.45, 2.75) is 12.3 Å². The van der Waals surface area contributed by atoms with Crippen molar-refractivity contribution in [1.29, 1.82) is 0 Å². The zero-order chi connectivity index (χ0) is 15.1. The number of carbonyl (C=O) groups excluding carboxylic acids is 1. The molecule has 1 amide bonds. The van der Waals surface area contributed by atoms with Gasteiger partial charge in [-0.15, -0.1) is 11.8 Å². The first-order valence-corrected chi connectivity index (χ1v) is 8.17. The molecule has 0 radical (unpaired) electrons. The number of nitrogens with zero attached hydrogens (tertiary/aromatic N) is 1. The number of hydrogen-bond acceptors (Lipinski definition) is 4. The van der Waals surface area contributed by atoms with Crippen molar-refractivity contribution in [2.75, 3.05) is 17.4 Å². The highest BCUT2D eigenvalue weighted by molar-refractivity contribution is 8.00. The normalized spacial score (nSPS) is 19.8. The Hall–Kier alpha value is -2.14. The van der Waals surface area contributed by atoms with Gasteiger partial charge in [0.15, 0.2) is 11.5 Å². The number of fused-ring (bicyclic) bond motifs is 1. The van der Waals surface area contributed by atoms with Crippen LogP contribution in [0.3, 0.4) is 0 Å². The minimum absolute atomic E-state index is 0.0243. The first-order valence-electron chi connectivity index (χ1n) is 7.12. The molecule has 4 rings (SSSR count). The van der Waals surface area contributed by atoms with Gasteiger partial charge in [0.25, 0.3) is 0 Å². The van der Waals surface area contributed by atoms with Crippen LogP contribution in [-0.4, -0.2) is 18.5 Å². The first-order chi connectivity index (χ1) is 10.7. The summed E-state index contributed by atoms with van der Waals surface area (Å²) in [6.45, 7) is 2.30. The van der Waals surface area contributed by atoms with E-state index in [9.17, 15) is 4.79 Å². The maximum absolute atomic E-state index is 12.4. The molecular weight excluding hydrogens is 298 g/mol. The van der Waals surface area contributed by atoms with Crippen molar-refractivity contribution in [3.05, 3.63) is 53.6 Å². The third-order valence-electron chi connectivity index (χ3n) is 3.83. The minimum Gasteiger partial charge on any atom is -0.454 e. The van der Waals surface area contributed by atoms with Gasteiger partial charge in [-0.3, -0.25) is 9.69 Å². The maximum atomic E-state index is 12.4. The average molecular weight is 313 g/mol. The van der Waals surface area contributed by atoms with E-state index in [4.69, 9.17) is 9.47 Å². The van der Waals surface area contributed by atoms with Gasteiger partial charge in [0, 0.05) is 5.69 Å². The predicted octanol–water partition coefficient (Wildman–Crippen LogP) is 3.50. The standard InChI is InChI=1S/C17H15NO3S/c1-11-3-2-4-13(7-11)18-16(19)9-22-17(18)12-5-6-14-15(8-12)21-10-20-14/h2-8,17H,9-10H2,1H3. The highest BCUT2D eigenvalue weighted by Crippen LogP contribution is 2.44. The summed E-state index contributed by atoms with van der Waals surface area (Å²) in [5.74, 6) is 2.15. The van der Waals surface area contributed by atoms with Crippen LogP contribution in [0.2, 0.25) is 0 Å². The van der Waals surface area contributed by atoms with Crippen LogP contribution in [0.5, 0.6) is 11.5 Å². The summed E-state index contributed by atoms with van der Waals surface area (Å²) in [7, 11) is 0. The van der Waals surface area contributed by atoms with E-state index >= 15 is 0 Å². The van der Waals surface area contributed by atoms with Crippen LogP contribution < -0.4 is 14.4 Å². The average Bonchev–Trinajstić information content (AvgIpc) is 3.12. The second-order valence-electron chi connectivity index (χ2n) is 5.38. The number of anilines is 1. The van der Waals surface area contributed by atoms with Crippen LogP contribution in [0.1, 0.15) is 16.5 Å². The summed E-state index contributed by atoms with van der Waals surface area (Å²) in [4.78, 5) is 14.2. The lowest BCUT2D eigenvalue weighted by Crippen LogP contribution is -2.27. The Morgan fingerprint density at radius 3 is 2.86 bits per heavy atom. The second kappa shape index (κ2) is 5.25. The smallest absolute Gasteiger partial charge is 0.238 e. The second-order valence-corrected chi connectivity index (χ2v) is 6.45. The van der Waals surface area contributed by atoms with Crippen molar-refractivity contribution in [3.8, 4) is 11.5 Å². The monoisotopic (exact) mass is 313 g/mol. The van der Waals surface area contributed by atoms with Crippen LogP contribution in [0, 0.1) is 6.92 Å². The molecule has 0 aromatic heterocycles. The molecule has 1 fully saturated rings. The zero-order valence-corrected chi connectivity index (χ0v) is 12.9. The minimum atomic E-state index is -0.0243. The Bertz CT molecular complexity index is 746. The summed E-state index contributed by atoms with van der Waals surface area (Å²) < 4.78 is 10.8. The highest BCUT2D eigenvalue weighted by Gasteiger charge is 2.34. The molecule has 2 aliphatic heterocycles.